The largest absolute Gasteiger partial charge is 0.494 e. The molecule has 1 saturated heterocycles. The van der Waals surface area contributed by atoms with Crippen molar-refractivity contribution < 1.29 is 4.74 Å². The van der Waals surface area contributed by atoms with Gasteiger partial charge in [0.2, 0.25) is 5.95 Å². The first kappa shape index (κ1) is 20.6. The lowest BCUT2D eigenvalue weighted by atomic mass is 10.1. The Morgan fingerprint density at radius 2 is 1.82 bits per heavy atom. The first-order valence-corrected chi connectivity index (χ1v) is 9.57. The second kappa shape index (κ2) is 9.40. The molecule has 1 aliphatic heterocycles. The number of piperazine rings is 1. The Hall–Kier alpha value is -2.10. The summed E-state index contributed by atoms with van der Waals surface area (Å²) in [5, 5.41) is 0. The lowest BCUT2D eigenvalue weighted by Crippen LogP contribution is -2.51. The van der Waals surface area contributed by atoms with Crippen LogP contribution in [0.1, 0.15) is 24.8 Å². The number of aliphatic imine (C=N–C) groups is 1. The van der Waals surface area contributed by atoms with Gasteiger partial charge in [0.25, 0.3) is 0 Å². The van der Waals surface area contributed by atoms with Crippen LogP contribution in [0.25, 0.3) is 0 Å². The third-order valence-electron chi connectivity index (χ3n) is 5.11. The van der Waals surface area contributed by atoms with E-state index in [0.717, 1.165) is 44.3 Å². The molecule has 7 nitrogen and oxygen atoms in total. The highest BCUT2D eigenvalue weighted by molar-refractivity contribution is 14.0. The highest BCUT2D eigenvalue weighted by Gasteiger charge is 2.39. The Balaban J connectivity index is 0.00000225. The number of hydrogen-bond acceptors (Lipinski definition) is 5. The second-order valence-electron chi connectivity index (χ2n) is 6.92. The maximum atomic E-state index is 6.28. The topological polar surface area (TPSA) is 79.9 Å². The maximum Gasteiger partial charge on any atom is 0.225 e. The molecule has 1 saturated carbocycles. The predicted octanol–water partition coefficient (Wildman–Crippen LogP) is 2.49. The van der Waals surface area contributed by atoms with E-state index in [0.29, 0.717) is 24.5 Å². The molecule has 150 valence electrons. The van der Waals surface area contributed by atoms with Crippen LogP contribution in [0.5, 0.6) is 5.75 Å². The number of nitrogens with zero attached hydrogens (tertiary/aromatic N) is 5. The van der Waals surface area contributed by atoms with E-state index < -0.39 is 0 Å². The standard InChI is InChI=1S/C20H26N6O.HI/c1-2-27-16-6-4-15(5-7-16)17-14-18(17)24-19(21)25-10-12-26(13-11-25)20-22-8-3-9-23-20;/h3-9,17-18H,2,10-14H2,1H3,(H2,21,24);1H/t17-,18+;/m0./s1. The summed E-state index contributed by atoms with van der Waals surface area (Å²) in [6.45, 7) is 6.08. The van der Waals surface area contributed by atoms with Crippen molar-refractivity contribution in [2.45, 2.75) is 25.3 Å². The molecule has 0 bridgehead atoms. The number of hydrogen-bond donors (Lipinski definition) is 1. The monoisotopic (exact) mass is 494 g/mol. The molecule has 2 heterocycles. The molecule has 28 heavy (non-hydrogen) atoms. The molecule has 4 rings (SSSR count). The van der Waals surface area contributed by atoms with Gasteiger partial charge in [-0.3, -0.25) is 0 Å². The van der Waals surface area contributed by atoms with Crippen LogP contribution < -0.4 is 15.4 Å². The second-order valence-corrected chi connectivity index (χ2v) is 6.92. The van der Waals surface area contributed by atoms with E-state index in [1.807, 2.05) is 25.1 Å². The highest BCUT2D eigenvalue weighted by Crippen LogP contribution is 2.43. The van der Waals surface area contributed by atoms with E-state index in [-0.39, 0.29) is 24.0 Å². The zero-order valence-electron chi connectivity index (χ0n) is 16.1. The molecule has 2 atom stereocenters. The summed E-state index contributed by atoms with van der Waals surface area (Å²) in [5.74, 6) is 2.83. The summed E-state index contributed by atoms with van der Waals surface area (Å²) >= 11 is 0. The molecular formula is C20H27IN6O. The van der Waals surface area contributed by atoms with E-state index in [1.54, 1.807) is 12.4 Å². The van der Waals surface area contributed by atoms with Gasteiger partial charge in [-0.25, -0.2) is 15.0 Å². The van der Waals surface area contributed by atoms with Crippen LogP contribution in [0.3, 0.4) is 0 Å². The van der Waals surface area contributed by atoms with Crippen molar-refractivity contribution in [2.75, 3.05) is 37.7 Å². The Bertz CT molecular complexity index is 777. The minimum absolute atomic E-state index is 0. The predicted molar refractivity (Wildman–Crippen MR) is 122 cm³/mol. The van der Waals surface area contributed by atoms with Crippen LogP contribution in [0, 0.1) is 0 Å². The molecule has 1 aromatic carbocycles. The smallest absolute Gasteiger partial charge is 0.225 e. The van der Waals surface area contributed by atoms with Gasteiger partial charge >= 0.3 is 0 Å². The normalized spacial score (nSPS) is 21.8. The van der Waals surface area contributed by atoms with Crippen LogP contribution >= 0.6 is 24.0 Å². The Morgan fingerprint density at radius 3 is 2.46 bits per heavy atom. The molecule has 1 aliphatic carbocycles. The van der Waals surface area contributed by atoms with E-state index in [1.165, 1.54) is 5.56 Å². The van der Waals surface area contributed by atoms with Crippen molar-refractivity contribution in [1.82, 2.24) is 14.9 Å². The van der Waals surface area contributed by atoms with Crippen molar-refractivity contribution in [3.8, 4) is 5.75 Å². The minimum atomic E-state index is 0. The molecule has 2 fully saturated rings. The van der Waals surface area contributed by atoms with Crippen LogP contribution in [0.15, 0.2) is 47.7 Å². The summed E-state index contributed by atoms with van der Waals surface area (Å²) in [6.07, 6.45) is 4.61. The summed E-state index contributed by atoms with van der Waals surface area (Å²) in [4.78, 5) is 17.7. The number of aromatic nitrogens is 2. The molecule has 2 aliphatic rings. The first-order valence-electron chi connectivity index (χ1n) is 9.57. The molecular weight excluding hydrogens is 467 g/mol. The molecule has 2 aromatic rings. The van der Waals surface area contributed by atoms with Gasteiger partial charge in [-0.05, 0) is 37.1 Å². The van der Waals surface area contributed by atoms with Gasteiger partial charge < -0.3 is 20.3 Å². The summed E-state index contributed by atoms with van der Waals surface area (Å²) in [5.41, 5.74) is 7.59. The van der Waals surface area contributed by atoms with Gasteiger partial charge in [0.05, 0.1) is 12.6 Å². The van der Waals surface area contributed by atoms with Gasteiger partial charge in [0.15, 0.2) is 5.96 Å². The molecule has 0 unspecified atom stereocenters. The van der Waals surface area contributed by atoms with E-state index in [4.69, 9.17) is 15.5 Å². The number of halogens is 1. The zero-order valence-corrected chi connectivity index (χ0v) is 18.4. The van der Waals surface area contributed by atoms with Crippen molar-refractivity contribution in [2.24, 2.45) is 10.7 Å². The van der Waals surface area contributed by atoms with Crippen LogP contribution in [0.2, 0.25) is 0 Å². The third-order valence-corrected chi connectivity index (χ3v) is 5.11. The summed E-state index contributed by atoms with van der Waals surface area (Å²) in [6, 6.07) is 10.5. The van der Waals surface area contributed by atoms with Gasteiger partial charge in [-0.1, -0.05) is 12.1 Å². The lowest BCUT2D eigenvalue weighted by Gasteiger charge is -2.35. The van der Waals surface area contributed by atoms with E-state index >= 15 is 0 Å². The average molecular weight is 494 g/mol. The molecule has 8 heteroatoms. The quantitative estimate of drug-likeness (QED) is 0.391. The number of guanidine groups is 1. The minimum Gasteiger partial charge on any atom is -0.494 e. The molecule has 0 spiro atoms. The van der Waals surface area contributed by atoms with Gasteiger partial charge in [-0.2, -0.15) is 0 Å². The Labute approximate surface area is 183 Å². The van der Waals surface area contributed by atoms with Gasteiger partial charge in [-0.15, -0.1) is 24.0 Å². The fourth-order valence-electron chi connectivity index (χ4n) is 3.50. The number of rotatable bonds is 5. The number of ether oxygens (including phenoxy) is 1. The van der Waals surface area contributed by atoms with E-state index in [2.05, 4.69) is 31.9 Å². The van der Waals surface area contributed by atoms with Gasteiger partial charge in [0.1, 0.15) is 5.75 Å². The maximum absolute atomic E-state index is 6.28. The average Bonchev–Trinajstić information content (AvgIpc) is 3.48. The zero-order chi connectivity index (χ0) is 18.6. The van der Waals surface area contributed by atoms with Crippen molar-refractivity contribution in [3.05, 3.63) is 48.3 Å². The number of nitrogens with two attached hydrogens (primary N) is 1. The number of anilines is 1. The highest BCUT2D eigenvalue weighted by atomic mass is 127. The third kappa shape index (κ3) is 4.84. The van der Waals surface area contributed by atoms with Crippen LogP contribution in [-0.2, 0) is 0 Å². The van der Waals surface area contributed by atoms with Crippen LogP contribution in [-0.4, -0.2) is 59.7 Å². The lowest BCUT2D eigenvalue weighted by molar-refractivity contribution is 0.340. The first-order chi connectivity index (χ1) is 13.2. The van der Waals surface area contributed by atoms with Crippen molar-refractivity contribution in [3.63, 3.8) is 0 Å². The van der Waals surface area contributed by atoms with Crippen LogP contribution in [0.4, 0.5) is 5.95 Å². The molecule has 1 aromatic heterocycles. The van der Waals surface area contributed by atoms with Gasteiger partial charge in [0, 0.05) is 44.5 Å². The molecule has 0 radical (unpaired) electrons. The van der Waals surface area contributed by atoms with E-state index in [9.17, 15) is 0 Å². The number of benzene rings is 1. The fourth-order valence-corrected chi connectivity index (χ4v) is 3.50. The molecule has 2 N–H and O–H groups in total. The van der Waals surface area contributed by atoms with Crippen molar-refractivity contribution >= 4 is 35.9 Å². The molecule has 0 amide bonds. The summed E-state index contributed by atoms with van der Waals surface area (Å²) < 4.78 is 5.51. The summed E-state index contributed by atoms with van der Waals surface area (Å²) in [7, 11) is 0. The SMILES string of the molecule is CCOc1ccc([C@@H]2C[C@H]2N=C(N)N2CCN(c3ncccn3)CC2)cc1.I. The Kier molecular flexibility index (Phi) is 6.93. The van der Waals surface area contributed by atoms with Crippen molar-refractivity contribution in [1.29, 1.82) is 0 Å². The Morgan fingerprint density at radius 1 is 1.14 bits per heavy atom. The fraction of sp³-hybridized carbons (Fsp3) is 0.450.